The molecule has 0 fully saturated rings. The molecule has 5 heteroatoms. The van der Waals surface area contributed by atoms with Crippen LogP contribution < -0.4 is 11.3 Å². The third-order valence-corrected chi connectivity index (χ3v) is 2.99. The minimum atomic E-state index is -0.136. The number of fused-ring (bicyclic) bond motifs is 1. The normalized spacial score (nSPS) is 10.7. The van der Waals surface area contributed by atoms with Crippen LogP contribution in [0.4, 0.5) is 5.69 Å². The van der Waals surface area contributed by atoms with E-state index in [9.17, 15) is 4.79 Å². The third-order valence-electron chi connectivity index (χ3n) is 2.99. The van der Waals surface area contributed by atoms with Crippen LogP contribution in [-0.2, 0) is 6.54 Å². The highest BCUT2D eigenvalue weighted by molar-refractivity contribution is 5.92. The van der Waals surface area contributed by atoms with E-state index < -0.39 is 0 Å². The van der Waals surface area contributed by atoms with Gasteiger partial charge in [-0.2, -0.15) is 5.10 Å². The molecule has 5 nitrogen and oxygen atoms in total. The van der Waals surface area contributed by atoms with Gasteiger partial charge in [0.15, 0.2) is 0 Å². The fourth-order valence-corrected chi connectivity index (χ4v) is 2.05. The van der Waals surface area contributed by atoms with Crippen LogP contribution in [0.3, 0.4) is 0 Å². The first-order valence-electron chi connectivity index (χ1n) is 5.90. The van der Waals surface area contributed by atoms with E-state index in [1.807, 2.05) is 24.3 Å². The van der Waals surface area contributed by atoms with Crippen LogP contribution in [0.5, 0.6) is 0 Å². The van der Waals surface area contributed by atoms with Gasteiger partial charge in [-0.25, -0.2) is 4.68 Å². The first kappa shape index (κ1) is 11.4. The van der Waals surface area contributed by atoms with Gasteiger partial charge in [-0.1, -0.05) is 6.07 Å². The summed E-state index contributed by atoms with van der Waals surface area (Å²) in [6, 6.07) is 10.6. The van der Waals surface area contributed by atoms with Gasteiger partial charge in [0.05, 0.1) is 12.1 Å². The fourth-order valence-electron chi connectivity index (χ4n) is 2.05. The number of hydrogen-bond acceptors (Lipinski definition) is 4. The molecule has 0 aliphatic carbocycles. The highest BCUT2D eigenvalue weighted by atomic mass is 16.1. The molecular formula is C14H12N4O. The van der Waals surface area contributed by atoms with Crippen molar-refractivity contribution in [2.45, 2.75) is 6.54 Å². The van der Waals surface area contributed by atoms with Gasteiger partial charge in [-0.15, -0.1) is 0 Å². The molecule has 19 heavy (non-hydrogen) atoms. The number of nitrogens with two attached hydrogens (primary N) is 1. The Morgan fingerprint density at radius 2 is 1.95 bits per heavy atom. The van der Waals surface area contributed by atoms with Crippen molar-refractivity contribution < 1.29 is 0 Å². The smallest absolute Gasteiger partial charge is 0.267 e. The second kappa shape index (κ2) is 4.53. The second-order valence-electron chi connectivity index (χ2n) is 4.23. The van der Waals surface area contributed by atoms with Crippen molar-refractivity contribution in [3.05, 3.63) is 64.7 Å². The lowest BCUT2D eigenvalue weighted by molar-refractivity contribution is 0.641. The number of hydrogen-bond donors (Lipinski definition) is 1. The molecule has 0 spiro atoms. The molecule has 0 aliphatic heterocycles. The molecule has 0 saturated carbocycles. The average Bonchev–Trinajstić information content (AvgIpc) is 2.44. The van der Waals surface area contributed by atoms with E-state index in [1.54, 1.807) is 18.5 Å². The third kappa shape index (κ3) is 2.06. The summed E-state index contributed by atoms with van der Waals surface area (Å²) >= 11 is 0. The molecule has 94 valence electrons. The number of anilines is 1. The quantitative estimate of drug-likeness (QED) is 0.700. The molecule has 2 heterocycles. The maximum absolute atomic E-state index is 11.7. The van der Waals surface area contributed by atoms with Crippen molar-refractivity contribution in [2.75, 3.05) is 5.73 Å². The lowest BCUT2D eigenvalue weighted by Gasteiger charge is -2.08. The average molecular weight is 252 g/mol. The molecule has 0 bridgehead atoms. The molecule has 0 unspecified atom stereocenters. The first-order valence-corrected chi connectivity index (χ1v) is 5.90. The number of nitrogens with zero attached hydrogens (tertiary/aromatic N) is 3. The van der Waals surface area contributed by atoms with Crippen LogP contribution in [0.2, 0.25) is 0 Å². The summed E-state index contributed by atoms with van der Waals surface area (Å²) in [6.07, 6.45) is 3.31. The predicted molar refractivity (Wildman–Crippen MR) is 73.8 cm³/mol. The van der Waals surface area contributed by atoms with E-state index in [0.29, 0.717) is 12.2 Å². The fraction of sp³-hybridized carbons (Fsp3) is 0.0714. The van der Waals surface area contributed by atoms with Gasteiger partial charge in [0.25, 0.3) is 5.56 Å². The summed E-state index contributed by atoms with van der Waals surface area (Å²) < 4.78 is 1.40. The van der Waals surface area contributed by atoms with E-state index in [4.69, 9.17) is 5.73 Å². The van der Waals surface area contributed by atoms with Crippen LogP contribution in [0.1, 0.15) is 5.56 Å². The van der Waals surface area contributed by atoms with E-state index in [1.165, 1.54) is 10.7 Å². The zero-order chi connectivity index (χ0) is 13.2. The van der Waals surface area contributed by atoms with Crippen molar-refractivity contribution in [3.8, 4) is 0 Å². The van der Waals surface area contributed by atoms with Gasteiger partial charge < -0.3 is 5.73 Å². The zero-order valence-corrected chi connectivity index (χ0v) is 10.2. The largest absolute Gasteiger partial charge is 0.398 e. The lowest BCUT2D eigenvalue weighted by atomic mass is 10.1. The second-order valence-corrected chi connectivity index (χ2v) is 4.23. The summed E-state index contributed by atoms with van der Waals surface area (Å²) in [4.78, 5) is 16.0. The number of pyridine rings is 1. The molecule has 2 N–H and O–H groups in total. The van der Waals surface area contributed by atoms with E-state index in [2.05, 4.69) is 10.1 Å². The zero-order valence-electron chi connectivity index (χ0n) is 10.2. The molecule has 1 aromatic carbocycles. The van der Waals surface area contributed by atoms with Gasteiger partial charge in [0.2, 0.25) is 0 Å². The Bertz CT molecular complexity index is 795. The Balaban J connectivity index is 2.14. The Kier molecular flexibility index (Phi) is 2.72. The van der Waals surface area contributed by atoms with E-state index >= 15 is 0 Å². The topological polar surface area (TPSA) is 73.8 Å². The number of benzene rings is 1. The monoisotopic (exact) mass is 252 g/mol. The van der Waals surface area contributed by atoms with Gasteiger partial charge in [0, 0.05) is 35.1 Å². The molecule has 2 aromatic heterocycles. The molecule has 0 radical (unpaired) electrons. The van der Waals surface area contributed by atoms with E-state index in [-0.39, 0.29) is 5.56 Å². The standard InChI is InChI=1S/C14H12N4O/c15-12-6-5-10(14-11(12)3-1-7-16-14)9-18-13(19)4-2-8-17-18/h1-8H,9,15H2. The summed E-state index contributed by atoms with van der Waals surface area (Å²) in [7, 11) is 0. The molecule has 3 rings (SSSR count). The summed E-state index contributed by atoms with van der Waals surface area (Å²) in [5.74, 6) is 0. The Labute approximate surface area is 109 Å². The lowest BCUT2D eigenvalue weighted by Crippen LogP contribution is -2.21. The van der Waals surface area contributed by atoms with Gasteiger partial charge in [-0.05, 0) is 24.3 Å². The minimum Gasteiger partial charge on any atom is -0.398 e. The van der Waals surface area contributed by atoms with Gasteiger partial charge in [0.1, 0.15) is 0 Å². The van der Waals surface area contributed by atoms with Crippen LogP contribution in [-0.4, -0.2) is 14.8 Å². The van der Waals surface area contributed by atoms with Crippen molar-refractivity contribution in [3.63, 3.8) is 0 Å². The number of nitrogen functional groups attached to an aromatic ring is 1. The van der Waals surface area contributed by atoms with Crippen molar-refractivity contribution in [1.82, 2.24) is 14.8 Å². The maximum atomic E-state index is 11.7. The Morgan fingerprint density at radius 1 is 1.11 bits per heavy atom. The van der Waals surface area contributed by atoms with Crippen LogP contribution >= 0.6 is 0 Å². The van der Waals surface area contributed by atoms with Crippen LogP contribution in [0, 0.1) is 0 Å². The molecule has 0 amide bonds. The predicted octanol–water partition coefficient (Wildman–Crippen LogP) is 1.42. The minimum absolute atomic E-state index is 0.136. The Morgan fingerprint density at radius 3 is 2.79 bits per heavy atom. The maximum Gasteiger partial charge on any atom is 0.267 e. The van der Waals surface area contributed by atoms with Crippen LogP contribution in [0.25, 0.3) is 10.9 Å². The highest BCUT2D eigenvalue weighted by Crippen LogP contribution is 2.22. The van der Waals surface area contributed by atoms with Crippen molar-refractivity contribution in [2.24, 2.45) is 0 Å². The molecule has 0 aliphatic rings. The SMILES string of the molecule is Nc1ccc(Cn2ncccc2=O)c2ncccc12. The summed E-state index contributed by atoms with van der Waals surface area (Å²) in [5, 5.41) is 4.94. The number of aromatic nitrogens is 3. The molecular weight excluding hydrogens is 240 g/mol. The van der Waals surface area contributed by atoms with Gasteiger partial charge >= 0.3 is 0 Å². The van der Waals surface area contributed by atoms with E-state index in [0.717, 1.165) is 16.5 Å². The van der Waals surface area contributed by atoms with Crippen molar-refractivity contribution >= 4 is 16.6 Å². The molecule has 0 saturated heterocycles. The summed E-state index contributed by atoms with van der Waals surface area (Å²) in [5.41, 5.74) is 8.20. The highest BCUT2D eigenvalue weighted by Gasteiger charge is 2.06. The summed E-state index contributed by atoms with van der Waals surface area (Å²) in [6.45, 7) is 0.382. The number of rotatable bonds is 2. The Hall–Kier alpha value is -2.69. The molecule has 0 atom stereocenters. The van der Waals surface area contributed by atoms with Gasteiger partial charge in [-0.3, -0.25) is 9.78 Å². The van der Waals surface area contributed by atoms with Crippen molar-refractivity contribution in [1.29, 1.82) is 0 Å². The van der Waals surface area contributed by atoms with Crippen LogP contribution in [0.15, 0.2) is 53.6 Å². The molecule has 3 aromatic rings. The first-order chi connectivity index (χ1) is 9.25.